The fraction of sp³-hybridized carbons (Fsp3) is 0.625. The standard InChI is InChI=1S/C16H26FN3/c1-3-8-19-9-11-20(12-10-19)13(2)16(18)14-4-6-15(17)7-5-14/h4-7,13,16H,3,8-12,18H2,1-2H3. The minimum atomic E-state index is -0.207. The number of rotatable bonds is 5. The molecule has 3 nitrogen and oxygen atoms in total. The van der Waals surface area contributed by atoms with Gasteiger partial charge in [0.05, 0.1) is 0 Å². The van der Waals surface area contributed by atoms with E-state index in [1.807, 2.05) is 0 Å². The maximum atomic E-state index is 13.0. The van der Waals surface area contributed by atoms with Crippen LogP contribution in [0.5, 0.6) is 0 Å². The lowest BCUT2D eigenvalue weighted by Gasteiger charge is -2.40. The molecule has 1 saturated heterocycles. The van der Waals surface area contributed by atoms with E-state index < -0.39 is 0 Å². The molecule has 1 aliphatic heterocycles. The minimum absolute atomic E-state index is 0.0617. The molecule has 0 bridgehead atoms. The Hall–Kier alpha value is -0.970. The van der Waals surface area contributed by atoms with Crippen molar-refractivity contribution in [2.75, 3.05) is 32.7 Å². The highest BCUT2D eigenvalue weighted by Crippen LogP contribution is 2.20. The van der Waals surface area contributed by atoms with Crippen molar-refractivity contribution in [3.8, 4) is 0 Å². The summed E-state index contributed by atoms with van der Waals surface area (Å²) in [6.07, 6.45) is 1.21. The van der Waals surface area contributed by atoms with E-state index >= 15 is 0 Å². The molecule has 0 amide bonds. The first-order valence-corrected chi connectivity index (χ1v) is 7.59. The Balaban J connectivity index is 1.91. The van der Waals surface area contributed by atoms with Crippen LogP contribution >= 0.6 is 0 Å². The lowest BCUT2D eigenvalue weighted by molar-refractivity contribution is 0.0919. The summed E-state index contributed by atoms with van der Waals surface area (Å²) in [5, 5.41) is 0. The minimum Gasteiger partial charge on any atom is -0.323 e. The molecule has 2 N–H and O–H groups in total. The molecule has 0 spiro atoms. The predicted octanol–water partition coefficient (Wildman–Crippen LogP) is 2.24. The van der Waals surface area contributed by atoms with Gasteiger partial charge in [-0.2, -0.15) is 0 Å². The van der Waals surface area contributed by atoms with Crippen LogP contribution in [0.4, 0.5) is 4.39 Å². The fourth-order valence-corrected chi connectivity index (χ4v) is 2.90. The van der Waals surface area contributed by atoms with Crippen molar-refractivity contribution >= 4 is 0 Å². The molecule has 1 fully saturated rings. The van der Waals surface area contributed by atoms with E-state index in [0.29, 0.717) is 0 Å². The maximum Gasteiger partial charge on any atom is 0.123 e. The number of hydrogen-bond acceptors (Lipinski definition) is 3. The van der Waals surface area contributed by atoms with E-state index in [4.69, 9.17) is 5.73 Å². The van der Waals surface area contributed by atoms with Gasteiger partial charge in [0.25, 0.3) is 0 Å². The van der Waals surface area contributed by atoms with Crippen LogP contribution in [-0.2, 0) is 0 Å². The summed E-state index contributed by atoms with van der Waals surface area (Å²) in [5.74, 6) is -0.207. The van der Waals surface area contributed by atoms with Gasteiger partial charge in [-0.05, 0) is 37.6 Å². The normalized spacial score (nSPS) is 20.8. The van der Waals surface area contributed by atoms with Crippen LogP contribution in [0.3, 0.4) is 0 Å². The molecule has 2 rings (SSSR count). The van der Waals surface area contributed by atoms with Gasteiger partial charge in [0.15, 0.2) is 0 Å². The number of halogens is 1. The van der Waals surface area contributed by atoms with E-state index in [1.54, 1.807) is 12.1 Å². The Morgan fingerprint density at radius 1 is 1.15 bits per heavy atom. The highest BCUT2D eigenvalue weighted by atomic mass is 19.1. The van der Waals surface area contributed by atoms with Gasteiger partial charge in [-0.3, -0.25) is 4.90 Å². The molecule has 0 aromatic heterocycles. The fourth-order valence-electron chi connectivity index (χ4n) is 2.90. The molecule has 1 heterocycles. The average Bonchev–Trinajstić information content (AvgIpc) is 2.48. The Morgan fingerprint density at radius 2 is 1.75 bits per heavy atom. The van der Waals surface area contributed by atoms with Crippen molar-refractivity contribution in [3.05, 3.63) is 35.6 Å². The summed E-state index contributed by atoms with van der Waals surface area (Å²) in [6, 6.07) is 6.79. The van der Waals surface area contributed by atoms with Gasteiger partial charge in [-0.1, -0.05) is 19.1 Å². The zero-order valence-electron chi connectivity index (χ0n) is 12.6. The van der Waals surface area contributed by atoms with E-state index in [2.05, 4.69) is 23.6 Å². The highest BCUT2D eigenvalue weighted by molar-refractivity contribution is 5.21. The van der Waals surface area contributed by atoms with Gasteiger partial charge in [0.2, 0.25) is 0 Å². The molecule has 4 heteroatoms. The number of piperazine rings is 1. The molecular weight excluding hydrogens is 253 g/mol. The molecule has 20 heavy (non-hydrogen) atoms. The van der Waals surface area contributed by atoms with Crippen molar-refractivity contribution in [1.29, 1.82) is 0 Å². The van der Waals surface area contributed by atoms with Gasteiger partial charge >= 0.3 is 0 Å². The first-order valence-electron chi connectivity index (χ1n) is 7.59. The zero-order valence-corrected chi connectivity index (χ0v) is 12.6. The lowest BCUT2D eigenvalue weighted by Crippen LogP contribution is -2.52. The average molecular weight is 279 g/mol. The second-order valence-corrected chi connectivity index (χ2v) is 5.70. The van der Waals surface area contributed by atoms with Crippen LogP contribution in [0.1, 0.15) is 31.9 Å². The van der Waals surface area contributed by atoms with Crippen molar-refractivity contribution in [2.45, 2.75) is 32.4 Å². The van der Waals surface area contributed by atoms with Crippen molar-refractivity contribution < 1.29 is 4.39 Å². The van der Waals surface area contributed by atoms with Crippen LogP contribution < -0.4 is 5.73 Å². The topological polar surface area (TPSA) is 32.5 Å². The quantitative estimate of drug-likeness (QED) is 0.897. The van der Waals surface area contributed by atoms with Gasteiger partial charge in [0, 0.05) is 38.3 Å². The third-order valence-electron chi connectivity index (χ3n) is 4.30. The van der Waals surface area contributed by atoms with Crippen LogP contribution in [-0.4, -0.2) is 48.6 Å². The molecule has 1 aromatic carbocycles. The number of nitrogens with zero attached hydrogens (tertiary/aromatic N) is 2. The summed E-state index contributed by atoms with van der Waals surface area (Å²) in [6.45, 7) is 9.95. The molecule has 2 unspecified atom stereocenters. The Labute approximate surface area is 121 Å². The molecule has 1 aliphatic rings. The van der Waals surface area contributed by atoms with E-state index in [-0.39, 0.29) is 17.9 Å². The number of nitrogens with two attached hydrogens (primary N) is 1. The molecule has 112 valence electrons. The molecule has 0 aliphatic carbocycles. The Bertz CT molecular complexity index is 399. The Kier molecular flexibility index (Phi) is 5.52. The SMILES string of the molecule is CCCN1CCN(C(C)C(N)c2ccc(F)cc2)CC1. The highest BCUT2D eigenvalue weighted by Gasteiger charge is 2.25. The summed E-state index contributed by atoms with van der Waals surface area (Å²) in [5.41, 5.74) is 7.34. The molecule has 1 aromatic rings. The second kappa shape index (κ2) is 7.16. The van der Waals surface area contributed by atoms with Gasteiger partial charge in [-0.15, -0.1) is 0 Å². The van der Waals surface area contributed by atoms with Crippen LogP contribution in [0.2, 0.25) is 0 Å². The van der Waals surface area contributed by atoms with Crippen LogP contribution in [0, 0.1) is 5.82 Å². The van der Waals surface area contributed by atoms with Crippen LogP contribution in [0.15, 0.2) is 24.3 Å². The van der Waals surface area contributed by atoms with E-state index in [0.717, 1.165) is 31.7 Å². The molecule has 0 radical (unpaired) electrons. The summed E-state index contributed by atoms with van der Waals surface area (Å²) >= 11 is 0. The molecule has 0 saturated carbocycles. The van der Waals surface area contributed by atoms with E-state index in [1.165, 1.54) is 25.1 Å². The van der Waals surface area contributed by atoms with E-state index in [9.17, 15) is 4.39 Å². The summed E-state index contributed by atoms with van der Waals surface area (Å²) in [4.78, 5) is 4.95. The third-order valence-corrected chi connectivity index (χ3v) is 4.30. The first kappa shape index (κ1) is 15.4. The largest absolute Gasteiger partial charge is 0.323 e. The molecule has 2 atom stereocenters. The predicted molar refractivity (Wildman–Crippen MR) is 81.1 cm³/mol. The monoisotopic (exact) mass is 279 g/mol. The smallest absolute Gasteiger partial charge is 0.123 e. The Morgan fingerprint density at radius 3 is 2.30 bits per heavy atom. The zero-order chi connectivity index (χ0) is 14.5. The number of hydrogen-bond donors (Lipinski definition) is 1. The lowest BCUT2D eigenvalue weighted by atomic mass is 9.99. The summed E-state index contributed by atoms with van der Waals surface area (Å²) < 4.78 is 13.0. The molecular formula is C16H26FN3. The number of benzene rings is 1. The second-order valence-electron chi connectivity index (χ2n) is 5.70. The van der Waals surface area contributed by atoms with Crippen molar-refractivity contribution in [2.24, 2.45) is 5.73 Å². The third kappa shape index (κ3) is 3.78. The van der Waals surface area contributed by atoms with Gasteiger partial charge in [-0.25, -0.2) is 4.39 Å². The summed E-state index contributed by atoms with van der Waals surface area (Å²) in [7, 11) is 0. The van der Waals surface area contributed by atoms with Gasteiger partial charge in [0.1, 0.15) is 5.82 Å². The van der Waals surface area contributed by atoms with Crippen LogP contribution in [0.25, 0.3) is 0 Å². The first-order chi connectivity index (χ1) is 9.61. The van der Waals surface area contributed by atoms with Gasteiger partial charge < -0.3 is 10.6 Å². The van der Waals surface area contributed by atoms with Crippen molar-refractivity contribution in [3.63, 3.8) is 0 Å². The maximum absolute atomic E-state index is 13.0. The van der Waals surface area contributed by atoms with Crippen molar-refractivity contribution in [1.82, 2.24) is 9.80 Å².